The summed E-state index contributed by atoms with van der Waals surface area (Å²) in [6.07, 6.45) is 2.97. The Bertz CT molecular complexity index is 1010. The number of ether oxygens (including phenoxy) is 1. The second kappa shape index (κ2) is 7.47. The maximum absolute atomic E-state index is 13.4. The van der Waals surface area contributed by atoms with E-state index in [0.29, 0.717) is 34.6 Å². The minimum Gasteiger partial charge on any atom is -0.509 e. The molecule has 4 rings (SSSR count). The van der Waals surface area contributed by atoms with Gasteiger partial charge in [-0.05, 0) is 73.6 Å². The van der Waals surface area contributed by atoms with Crippen LogP contribution in [0, 0.1) is 12.7 Å². The molecule has 1 heterocycles. The highest BCUT2D eigenvalue weighted by Crippen LogP contribution is 2.43. The van der Waals surface area contributed by atoms with Gasteiger partial charge in [0.25, 0.3) is 5.91 Å². The van der Waals surface area contributed by atoms with Crippen LogP contribution >= 0.6 is 11.6 Å². The second-order valence-corrected chi connectivity index (χ2v) is 8.26. The summed E-state index contributed by atoms with van der Waals surface area (Å²) in [5.41, 5.74) is 2.53. The fourth-order valence-corrected chi connectivity index (χ4v) is 4.68. The van der Waals surface area contributed by atoms with Crippen molar-refractivity contribution in [3.8, 4) is 11.1 Å². The van der Waals surface area contributed by atoms with Crippen LogP contribution < -0.4 is 5.32 Å². The molecule has 0 atom stereocenters. The normalized spacial score (nSPS) is 24.3. The Morgan fingerprint density at radius 2 is 1.90 bits per heavy atom. The molecule has 1 aliphatic heterocycles. The summed E-state index contributed by atoms with van der Waals surface area (Å²) < 4.78 is 18.8. The number of amides is 1. The maximum atomic E-state index is 13.4. The Kier molecular flexibility index (Phi) is 5.13. The lowest BCUT2D eigenvalue weighted by atomic mass is 9.79. The molecule has 2 aromatic rings. The van der Waals surface area contributed by atoms with E-state index in [2.05, 4.69) is 5.32 Å². The zero-order chi connectivity index (χ0) is 20.8. The number of nitrogens with one attached hydrogen (secondary N) is 1. The maximum Gasteiger partial charge on any atom is 0.256 e. The average Bonchev–Trinajstić information content (AvgIpc) is 2.93. The van der Waals surface area contributed by atoms with Crippen molar-refractivity contribution in [2.75, 3.05) is 7.11 Å². The third kappa shape index (κ3) is 3.43. The minimum absolute atomic E-state index is 0.0995. The van der Waals surface area contributed by atoms with Gasteiger partial charge in [0.05, 0.1) is 22.2 Å². The summed E-state index contributed by atoms with van der Waals surface area (Å²) in [7, 11) is 1.69. The molecule has 2 N–H and O–H groups in total. The molecule has 1 aliphatic carbocycles. The van der Waals surface area contributed by atoms with Crippen LogP contribution in [0.5, 0.6) is 0 Å². The zero-order valence-electron chi connectivity index (χ0n) is 16.4. The summed E-state index contributed by atoms with van der Waals surface area (Å²) in [6, 6.07) is 9.82. The first-order valence-corrected chi connectivity index (χ1v) is 10.1. The van der Waals surface area contributed by atoms with Gasteiger partial charge in [0.2, 0.25) is 0 Å². The first-order valence-electron chi connectivity index (χ1n) is 9.70. The smallest absolute Gasteiger partial charge is 0.256 e. The molecular weight excluding hydrogens is 393 g/mol. The Balaban J connectivity index is 1.77. The molecule has 29 heavy (non-hydrogen) atoms. The fraction of sp³-hybridized carbons (Fsp3) is 0.348. The number of carbonyl (C=O) groups excluding carboxylic acids is 1. The Hall–Kier alpha value is -2.37. The second-order valence-electron chi connectivity index (χ2n) is 7.85. The van der Waals surface area contributed by atoms with Gasteiger partial charge in [-0.15, -0.1) is 0 Å². The van der Waals surface area contributed by atoms with Crippen molar-refractivity contribution in [3.63, 3.8) is 0 Å². The van der Waals surface area contributed by atoms with Crippen molar-refractivity contribution in [2.24, 2.45) is 0 Å². The van der Waals surface area contributed by atoms with Crippen molar-refractivity contribution >= 4 is 23.1 Å². The summed E-state index contributed by atoms with van der Waals surface area (Å²) in [6.45, 7) is 1.89. The van der Waals surface area contributed by atoms with E-state index in [9.17, 15) is 14.3 Å². The number of aryl methyl sites for hydroxylation is 1. The largest absolute Gasteiger partial charge is 0.509 e. The monoisotopic (exact) mass is 415 g/mol. The minimum atomic E-state index is -0.725. The van der Waals surface area contributed by atoms with Crippen LogP contribution in [0.3, 0.4) is 0 Å². The van der Waals surface area contributed by atoms with Gasteiger partial charge in [-0.25, -0.2) is 4.39 Å². The molecule has 1 fully saturated rings. The van der Waals surface area contributed by atoms with E-state index in [-0.39, 0.29) is 17.8 Å². The van der Waals surface area contributed by atoms with Crippen LogP contribution in [0.25, 0.3) is 16.7 Å². The SMILES string of the molecule is COC1CCC2(CC1)NC(=O)C(c1cc(-c3ccc(F)cc3Cl)ccc1C)=C2O. The average molecular weight is 416 g/mol. The third-order valence-corrected chi connectivity index (χ3v) is 6.45. The van der Waals surface area contributed by atoms with Crippen LogP contribution in [0.4, 0.5) is 4.39 Å². The van der Waals surface area contributed by atoms with Crippen molar-refractivity contribution in [3.05, 3.63) is 64.1 Å². The van der Waals surface area contributed by atoms with Gasteiger partial charge < -0.3 is 15.2 Å². The molecule has 6 heteroatoms. The number of aliphatic hydroxyl groups excluding tert-OH is 1. The van der Waals surface area contributed by atoms with Crippen LogP contribution in [-0.2, 0) is 9.53 Å². The van der Waals surface area contributed by atoms with Gasteiger partial charge >= 0.3 is 0 Å². The summed E-state index contributed by atoms with van der Waals surface area (Å²) in [4.78, 5) is 12.9. The van der Waals surface area contributed by atoms with E-state index in [1.54, 1.807) is 13.2 Å². The predicted octanol–water partition coefficient (Wildman–Crippen LogP) is 5.18. The molecule has 0 bridgehead atoms. The standard InChI is InChI=1S/C23H23ClFNO3/c1-13-3-4-14(17-6-5-15(25)12-19(17)24)11-18(13)20-21(27)23(26-22(20)28)9-7-16(29-2)8-10-23/h3-6,11-12,16,27H,7-10H2,1-2H3,(H,26,28). The number of hydrogen-bond acceptors (Lipinski definition) is 3. The van der Waals surface area contributed by atoms with Gasteiger partial charge in [0.1, 0.15) is 11.6 Å². The molecule has 0 aromatic heterocycles. The van der Waals surface area contributed by atoms with Gasteiger partial charge in [-0.3, -0.25) is 4.79 Å². The number of methoxy groups -OCH3 is 1. The molecule has 4 nitrogen and oxygen atoms in total. The molecular formula is C23H23ClFNO3. The van der Waals surface area contributed by atoms with E-state index in [1.807, 2.05) is 25.1 Å². The lowest BCUT2D eigenvalue weighted by molar-refractivity contribution is -0.116. The zero-order valence-corrected chi connectivity index (χ0v) is 17.1. The van der Waals surface area contributed by atoms with Gasteiger partial charge in [0.15, 0.2) is 0 Å². The lowest BCUT2D eigenvalue weighted by Gasteiger charge is -2.36. The molecule has 0 radical (unpaired) electrons. The number of rotatable bonds is 3. The number of hydrogen-bond donors (Lipinski definition) is 2. The van der Waals surface area contributed by atoms with Gasteiger partial charge in [-0.1, -0.05) is 23.7 Å². The highest BCUT2D eigenvalue weighted by Gasteiger charge is 2.48. The molecule has 2 aromatic carbocycles. The molecule has 1 amide bonds. The Morgan fingerprint density at radius 1 is 1.17 bits per heavy atom. The predicted molar refractivity (Wildman–Crippen MR) is 111 cm³/mol. The van der Waals surface area contributed by atoms with Crippen LogP contribution in [-0.4, -0.2) is 29.8 Å². The molecule has 1 saturated carbocycles. The van der Waals surface area contributed by atoms with Gasteiger partial charge in [-0.2, -0.15) is 0 Å². The summed E-state index contributed by atoms with van der Waals surface area (Å²) >= 11 is 6.22. The third-order valence-electron chi connectivity index (χ3n) is 6.14. The fourth-order valence-electron chi connectivity index (χ4n) is 4.40. The van der Waals surface area contributed by atoms with E-state index in [4.69, 9.17) is 16.3 Å². The lowest BCUT2D eigenvalue weighted by Crippen LogP contribution is -2.48. The van der Waals surface area contributed by atoms with Crippen LogP contribution in [0.2, 0.25) is 5.02 Å². The summed E-state index contributed by atoms with van der Waals surface area (Å²) in [5.74, 6) is -0.582. The van der Waals surface area contributed by atoms with E-state index in [1.165, 1.54) is 12.1 Å². The number of benzene rings is 2. The molecule has 1 spiro atoms. The number of aliphatic hydroxyl groups is 1. The van der Waals surface area contributed by atoms with Crippen LogP contribution in [0.15, 0.2) is 42.2 Å². The quantitative estimate of drug-likeness (QED) is 0.726. The number of carbonyl (C=O) groups is 1. The molecule has 2 aliphatic rings. The Morgan fingerprint density at radius 3 is 2.55 bits per heavy atom. The first kappa shape index (κ1) is 19.9. The van der Waals surface area contributed by atoms with E-state index in [0.717, 1.165) is 24.0 Å². The number of halogens is 2. The highest BCUT2D eigenvalue weighted by molar-refractivity contribution is 6.33. The first-order chi connectivity index (χ1) is 13.8. The summed E-state index contributed by atoms with van der Waals surface area (Å²) in [5, 5.41) is 14.4. The van der Waals surface area contributed by atoms with Crippen molar-refractivity contribution in [1.29, 1.82) is 0 Å². The molecule has 0 saturated heterocycles. The van der Waals surface area contributed by atoms with Gasteiger partial charge in [0, 0.05) is 12.7 Å². The Labute approximate surface area is 174 Å². The molecule has 152 valence electrons. The van der Waals surface area contributed by atoms with E-state index >= 15 is 0 Å². The highest BCUT2D eigenvalue weighted by atomic mass is 35.5. The van der Waals surface area contributed by atoms with E-state index < -0.39 is 11.4 Å². The van der Waals surface area contributed by atoms with Crippen molar-refractivity contribution in [2.45, 2.75) is 44.2 Å². The topological polar surface area (TPSA) is 58.6 Å². The van der Waals surface area contributed by atoms with Crippen molar-refractivity contribution in [1.82, 2.24) is 5.32 Å². The van der Waals surface area contributed by atoms with Crippen molar-refractivity contribution < 1.29 is 19.0 Å². The van der Waals surface area contributed by atoms with Crippen LogP contribution in [0.1, 0.15) is 36.8 Å². The molecule has 0 unspecified atom stereocenters.